The zero-order valence-corrected chi connectivity index (χ0v) is 16.9. The number of nitrogens with one attached hydrogen (secondary N) is 1. The van der Waals surface area contributed by atoms with Gasteiger partial charge < -0.3 is 9.84 Å². The van der Waals surface area contributed by atoms with E-state index < -0.39 is 0 Å². The van der Waals surface area contributed by atoms with Crippen molar-refractivity contribution in [1.82, 2.24) is 30.1 Å². The minimum Gasteiger partial charge on any atom is -0.334 e. The molecular formula is C19H24ClFN6O. The third-order valence-electron chi connectivity index (χ3n) is 4.91. The molecule has 1 N–H and O–H groups in total. The van der Waals surface area contributed by atoms with Crippen molar-refractivity contribution >= 4 is 12.4 Å². The summed E-state index contributed by atoms with van der Waals surface area (Å²) in [5.41, 5.74) is 2.55. The number of hydrogen-bond acceptors (Lipinski definition) is 6. The summed E-state index contributed by atoms with van der Waals surface area (Å²) in [7, 11) is 2.06. The molecule has 7 nitrogen and oxygen atoms in total. The Bertz CT molecular complexity index is 923. The quantitative estimate of drug-likeness (QED) is 0.717. The lowest BCUT2D eigenvalue weighted by Gasteiger charge is -2.30. The van der Waals surface area contributed by atoms with Gasteiger partial charge in [0.15, 0.2) is 5.82 Å². The van der Waals surface area contributed by atoms with Gasteiger partial charge in [0.25, 0.3) is 5.89 Å². The van der Waals surface area contributed by atoms with E-state index in [-0.39, 0.29) is 30.2 Å². The van der Waals surface area contributed by atoms with E-state index in [0.29, 0.717) is 11.7 Å². The predicted octanol–water partition coefficient (Wildman–Crippen LogP) is 3.18. The minimum atomic E-state index is -0.274. The van der Waals surface area contributed by atoms with Gasteiger partial charge in [-0.1, -0.05) is 19.0 Å². The van der Waals surface area contributed by atoms with E-state index >= 15 is 0 Å². The van der Waals surface area contributed by atoms with Crippen molar-refractivity contribution in [3.63, 3.8) is 0 Å². The summed E-state index contributed by atoms with van der Waals surface area (Å²) in [5.74, 6) is 1.02. The number of nitrogens with zero attached hydrogens (tertiary/aromatic N) is 5. The molecule has 0 amide bonds. The first-order valence-corrected chi connectivity index (χ1v) is 9.13. The first-order valence-electron chi connectivity index (χ1n) is 9.13. The molecule has 1 aliphatic rings. The molecule has 1 aliphatic heterocycles. The highest BCUT2D eigenvalue weighted by Gasteiger charge is 2.27. The standard InChI is InChI=1S/C19H23FN6O.ClH/c1-12(2)17-15(10-22-26(17)14-6-4-13(20)5-7-14)19-23-18(24-27-19)16-11-21-8-9-25(16)3;/h4-7,10,12,16,21H,8-9,11H2,1-3H3;1H. The zero-order valence-electron chi connectivity index (χ0n) is 16.1. The van der Waals surface area contributed by atoms with Crippen LogP contribution in [-0.4, -0.2) is 51.5 Å². The van der Waals surface area contributed by atoms with Crippen molar-refractivity contribution in [2.24, 2.45) is 0 Å². The van der Waals surface area contributed by atoms with Crippen molar-refractivity contribution in [1.29, 1.82) is 0 Å². The highest BCUT2D eigenvalue weighted by molar-refractivity contribution is 5.85. The molecular weight excluding hydrogens is 383 g/mol. The Morgan fingerprint density at radius 1 is 1.25 bits per heavy atom. The molecule has 150 valence electrons. The fourth-order valence-electron chi connectivity index (χ4n) is 3.44. The lowest BCUT2D eigenvalue weighted by atomic mass is 10.1. The summed E-state index contributed by atoms with van der Waals surface area (Å²) in [4.78, 5) is 6.86. The monoisotopic (exact) mass is 406 g/mol. The number of likely N-dealkylation sites (N-methyl/N-ethyl adjacent to an activating group) is 1. The molecule has 3 heterocycles. The van der Waals surface area contributed by atoms with Gasteiger partial charge in [0.05, 0.1) is 29.2 Å². The molecule has 9 heteroatoms. The molecule has 1 aromatic carbocycles. The molecule has 2 aromatic heterocycles. The van der Waals surface area contributed by atoms with E-state index in [1.165, 1.54) is 12.1 Å². The second-order valence-electron chi connectivity index (χ2n) is 7.14. The lowest BCUT2D eigenvalue weighted by molar-refractivity contribution is 0.190. The van der Waals surface area contributed by atoms with E-state index in [9.17, 15) is 4.39 Å². The zero-order chi connectivity index (χ0) is 19.0. The number of benzene rings is 1. The Morgan fingerprint density at radius 2 is 2.00 bits per heavy atom. The lowest BCUT2D eigenvalue weighted by Crippen LogP contribution is -2.44. The predicted molar refractivity (Wildman–Crippen MR) is 106 cm³/mol. The van der Waals surface area contributed by atoms with E-state index in [1.54, 1.807) is 23.0 Å². The Kier molecular flexibility index (Phi) is 6.12. The summed E-state index contributed by atoms with van der Waals surface area (Å²) < 4.78 is 20.7. The van der Waals surface area contributed by atoms with Gasteiger partial charge in [-0.3, -0.25) is 4.90 Å². The van der Waals surface area contributed by atoms with Crippen molar-refractivity contribution in [3.8, 4) is 17.1 Å². The summed E-state index contributed by atoms with van der Waals surface area (Å²) in [6.07, 6.45) is 1.73. The highest BCUT2D eigenvalue weighted by atomic mass is 35.5. The number of piperazine rings is 1. The molecule has 0 spiro atoms. The van der Waals surface area contributed by atoms with Gasteiger partial charge in [0.1, 0.15) is 5.82 Å². The van der Waals surface area contributed by atoms with Crippen molar-refractivity contribution < 1.29 is 8.91 Å². The maximum Gasteiger partial charge on any atom is 0.261 e. The van der Waals surface area contributed by atoms with Crippen LogP contribution in [0.3, 0.4) is 0 Å². The fourth-order valence-corrected chi connectivity index (χ4v) is 3.44. The van der Waals surface area contributed by atoms with Crippen LogP contribution in [0, 0.1) is 5.82 Å². The van der Waals surface area contributed by atoms with E-state index in [2.05, 4.69) is 46.4 Å². The van der Waals surface area contributed by atoms with Gasteiger partial charge in [0.2, 0.25) is 0 Å². The van der Waals surface area contributed by atoms with Crippen LogP contribution in [0.5, 0.6) is 0 Å². The van der Waals surface area contributed by atoms with Crippen LogP contribution in [0.15, 0.2) is 35.0 Å². The van der Waals surface area contributed by atoms with Gasteiger partial charge in [0, 0.05) is 19.6 Å². The average Bonchev–Trinajstić information content (AvgIpc) is 3.29. The second kappa shape index (κ2) is 8.38. The first kappa shape index (κ1) is 20.4. The third-order valence-corrected chi connectivity index (χ3v) is 4.91. The molecule has 0 bridgehead atoms. The smallest absolute Gasteiger partial charge is 0.261 e. The van der Waals surface area contributed by atoms with E-state index in [1.807, 2.05) is 0 Å². The molecule has 1 saturated heterocycles. The van der Waals surface area contributed by atoms with Crippen molar-refractivity contribution in [2.75, 3.05) is 26.7 Å². The number of rotatable bonds is 4. The van der Waals surface area contributed by atoms with Crippen LogP contribution in [0.4, 0.5) is 4.39 Å². The Morgan fingerprint density at radius 3 is 2.68 bits per heavy atom. The Labute approximate surface area is 169 Å². The van der Waals surface area contributed by atoms with Gasteiger partial charge in [-0.2, -0.15) is 10.1 Å². The SMILES string of the molecule is CC(C)c1c(-c2nc(C3CNCCN3C)no2)cnn1-c1ccc(F)cc1.Cl. The molecule has 0 saturated carbocycles. The number of halogens is 2. The molecule has 0 radical (unpaired) electrons. The van der Waals surface area contributed by atoms with Crippen LogP contribution in [0.1, 0.15) is 37.3 Å². The molecule has 3 aromatic rings. The van der Waals surface area contributed by atoms with Crippen LogP contribution in [0.25, 0.3) is 17.1 Å². The van der Waals surface area contributed by atoms with Crippen LogP contribution >= 0.6 is 12.4 Å². The minimum absolute atomic E-state index is 0. The van der Waals surface area contributed by atoms with Crippen LogP contribution < -0.4 is 5.32 Å². The molecule has 0 aliphatic carbocycles. The fraction of sp³-hybridized carbons (Fsp3) is 0.421. The number of aromatic nitrogens is 4. The van der Waals surface area contributed by atoms with Crippen LogP contribution in [-0.2, 0) is 0 Å². The van der Waals surface area contributed by atoms with Crippen molar-refractivity contribution in [2.45, 2.75) is 25.8 Å². The Hall–Kier alpha value is -2.29. The average molecular weight is 407 g/mol. The molecule has 1 atom stereocenters. The summed E-state index contributed by atoms with van der Waals surface area (Å²) in [5, 5.41) is 12.1. The van der Waals surface area contributed by atoms with Gasteiger partial charge >= 0.3 is 0 Å². The van der Waals surface area contributed by atoms with Crippen LogP contribution in [0.2, 0.25) is 0 Å². The topological polar surface area (TPSA) is 72.0 Å². The normalized spacial score (nSPS) is 17.7. The van der Waals surface area contributed by atoms with Gasteiger partial charge in [-0.15, -0.1) is 12.4 Å². The first-order chi connectivity index (χ1) is 13.0. The molecule has 1 fully saturated rings. The number of hydrogen-bond donors (Lipinski definition) is 1. The summed E-state index contributed by atoms with van der Waals surface area (Å²) >= 11 is 0. The largest absolute Gasteiger partial charge is 0.334 e. The second-order valence-corrected chi connectivity index (χ2v) is 7.14. The molecule has 4 rings (SSSR count). The van der Waals surface area contributed by atoms with Gasteiger partial charge in [-0.25, -0.2) is 9.07 Å². The van der Waals surface area contributed by atoms with E-state index in [0.717, 1.165) is 36.6 Å². The highest BCUT2D eigenvalue weighted by Crippen LogP contribution is 2.31. The maximum atomic E-state index is 13.3. The maximum absolute atomic E-state index is 13.3. The third kappa shape index (κ3) is 3.80. The van der Waals surface area contributed by atoms with Crippen molar-refractivity contribution in [3.05, 3.63) is 47.8 Å². The van der Waals surface area contributed by atoms with Gasteiger partial charge in [-0.05, 0) is 37.2 Å². The van der Waals surface area contributed by atoms with E-state index in [4.69, 9.17) is 4.52 Å². The summed E-state index contributed by atoms with van der Waals surface area (Å²) in [6, 6.07) is 6.36. The molecule has 28 heavy (non-hydrogen) atoms. The molecule has 1 unspecified atom stereocenters. The Balaban J connectivity index is 0.00000225. The summed E-state index contributed by atoms with van der Waals surface area (Å²) in [6.45, 7) is 6.85.